The Kier molecular flexibility index (Phi) is 7.89. The van der Waals surface area contributed by atoms with Gasteiger partial charge in [0, 0.05) is 12.5 Å². The Labute approximate surface area is 122 Å². The van der Waals surface area contributed by atoms with Crippen LogP contribution in [0.1, 0.15) is 24.8 Å². The zero-order valence-corrected chi connectivity index (χ0v) is 11.7. The van der Waals surface area contributed by atoms with Gasteiger partial charge in [-0.25, -0.2) is 0 Å². The molecule has 0 amide bonds. The van der Waals surface area contributed by atoms with E-state index < -0.39 is 5.09 Å². The van der Waals surface area contributed by atoms with Gasteiger partial charge in [-0.15, -0.1) is 10.1 Å². The van der Waals surface area contributed by atoms with Gasteiger partial charge in [0.1, 0.15) is 0 Å². The van der Waals surface area contributed by atoms with Gasteiger partial charge in [0.05, 0.1) is 0 Å². The summed E-state index contributed by atoms with van der Waals surface area (Å²) in [6.45, 7) is 2.53. The summed E-state index contributed by atoms with van der Waals surface area (Å²) >= 11 is 0. The van der Waals surface area contributed by atoms with Crippen molar-refractivity contribution in [3.05, 3.63) is 46.0 Å². The van der Waals surface area contributed by atoms with Crippen molar-refractivity contribution >= 4 is 11.9 Å². The Morgan fingerprint density at radius 3 is 2.10 bits per heavy atom. The van der Waals surface area contributed by atoms with Crippen LogP contribution in [0, 0.1) is 20.9 Å². The highest BCUT2D eigenvalue weighted by molar-refractivity contribution is 5.94. The molecule has 1 unspecified atom stereocenters. The van der Waals surface area contributed by atoms with Crippen molar-refractivity contribution in [3.8, 4) is 0 Å². The first-order valence-corrected chi connectivity index (χ1v) is 6.13. The summed E-state index contributed by atoms with van der Waals surface area (Å²) in [5.74, 6) is -0.164. The maximum Gasteiger partial charge on any atom is 0.291 e. The van der Waals surface area contributed by atoms with Crippen LogP contribution in [0.2, 0.25) is 0 Å². The van der Waals surface area contributed by atoms with Gasteiger partial charge in [-0.05, 0) is 12.0 Å². The van der Waals surface area contributed by atoms with Crippen LogP contribution in [-0.4, -0.2) is 33.7 Å². The molecule has 7 N–H and O–H groups in total. The Morgan fingerprint density at radius 2 is 1.76 bits per heavy atom. The normalized spacial score (nSPS) is 10.7. The molecule has 0 heterocycles. The van der Waals surface area contributed by atoms with Crippen LogP contribution in [0.4, 0.5) is 0 Å². The van der Waals surface area contributed by atoms with E-state index in [4.69, 9.17) is 37.6 Å². The highest BCUT2D eigenvalue weighted by Crippen LogP contribution is 2.20. The number of nitrogens with two attached hydrogens (primary N) is 2. The van der Waals surface area contributed by atoms with E-state index >= 15 is 0 Å². The minimum Gasteiger partial charge on any atom is -0.370 e. The van der Waals surface area contributed by atoms with Gasteiger partial charge in [-0.2, -0.15) is 0 Å². The highest BCUT2D eigenvalue weighted by Gasteiger charge is 2.17. The largest absolute Gasteiger partial charge is 0.370 e. The minimum absolute atomic E-state index is 0.188. The molecule has 0 radical (unpaired) electrons. The molecule has 1 rings (SSSR count). The summed E-state index contributed by atoms with van der Waals surface area (Å²) in [4.78, 5) is 9.67. The molecule has 0 aliphatic rings. The maximum absolute atomic E-state index is 8.36. The third kappa shape index (κ3) is 7.35. The lowest BCUT2D eigenvalue weighted by Gasteiger charge is -2.25. The van der Waals surface area contributed by atoms with Crippen molar-refractivity contribution < 1.29 is 10.3 Å². The first kappa shape index (κ1) is 18.2. The molecule has 0 aliphatic carbocycles. The topological polar surface area (TPSA) is 166 Å². The summed E-state index contributed by atoms with van der Waals surface area (Å²) < 4.78 is 0. The Bertz CT molecular complexity index is 461. The van der Waals surface area contributed by atoms with E-state index in [-0.39, 0.29) is 17.8 Å². The van der Waals surface area contributed by atoms with Crippen LogP contribution < -0.4 is 11.5 Å². The Balaban J connectivity index is 0.000000885. The molecule has 0 bridgehead atoms. The number of benzene rings is 1. The van der Waals surface area contributed by atoms with Crippen LogP contribution in [-0.2, 0) is 0 Å². The molecule has 0 saturated heterocycles. The van der Waals surface area contributed by atoms with Crippen LogP contribution in [0.3, 0.4) is 0 Å². The number of guanidine groups is 2. The highest BCUT2D eigenvalue weighted by atomic mass is 16.9. The van der Waals surface area contributed by atoms with E-state index in [2.05, 4.69) is 6.92 Å². The summed E-state index contributed by atoms with van der Waals surface area (Å²) in [7, 11) is 0. The van der Waals surface area contributed by atoms with Gasteiger partial charge >= 0.3 is 0 Å². The Hall–Kier alpha value is -2.84. The van der Waals surface area contributed by atoms with Crippen LogP contribution in [0.25, 0.3) is 0 Å². The van der Waals surface area contributed by atoms with E-state index in [0.29, 0.717) is 6.54 Å². The number of nitrogens with one attached hydrogen (secondary N) is 2. The van der Waals surface area contributed by atoms with E-state index in [0.717, 1.165) is 6.42 Å². The molecule has 1 atom stereocenters. The molecule has 0 aliphatic heterocycles. The molecule has 1 aromatic rings. The SMILES string of the molecule is CCC(CN(C(=N)N)C(=N)N)c1ccccc1.O=[N+]([O-])O. The number of hydrogen-bond donors (Lipinski definition) is 5. The van der Waals surface area contributed by atoms with E-state index in [9.17, 15) is 0 Å². The van der Waals surface area contributed by atoms with Crippen LogP contribution >= 0.6 is 0 Å². The predicted octanol–water partition coefficient (Wildman–Crippen LogP) is 0.921. The van der Waals surface area contributed by atoms with Gasteiger partial charge in [0.2, 0.25) is 0 Å². The van der Waals surface area contributed by atoms with Crippen molar-refractivity contribution in [1.82, 2.24) is 4.90 Å². The maximum atomic E-state index is 8.36. The van der Waals surface area contributed by atoms with Gasteiger partial charge in [0.15, 0.2) is 11.9 Å². The standard InChI is InChI=1S/C12H19N5.HNO3/c1-2-9(10-6-4-3-5-7-10)8-17(11(13)14)12(15)16;2-1(3)4/h3-7,9H,2,8H2,1H3,(H3,13,14)(H3,15,16);(H,2,3,4). The lowest BCUT2D eigenvalue weighted by atomic mass is 9.96. The first-order chi connectivity index (χ1) is 9.79. The molecule has 1 aromatic carbocycles. The van der Waals surface area contributed by atoms with Crippen molar-refractivity contribution in [2.75, 3.05) is 6.54 Å². The van der Waals surface area contributed by atoms with Gasteiger partial charge in [0.25, 0.3) is 5.09 Å². The molecule has 0 saturated carbocycles. The van der Waals surface area contributed by atoms with Crippen molar-refractivity contribution in [3.63, 3.8) is 0 Å². The average molecular weight is 296 g/mol. The van der Waals surface area contributed by atoms with E-state index in [1.165, 1.54) is 10.5 Å². The minimum atomic E-state index is -1.50. The molecular formula is C12H20N6O3. The number of hydrogen-bond acceptors (Lipinski definition) is 4. The second-order valence-corrected chi connectivity index (χ2v) is 4.13. The third-order valence-corrected chi connectivity index (χ3v) is 2.75. The second kappa shape index (κ2) is 9.13. The third-order valence-electron chi connectivity index (χ3n) is 2.75. The molecule has 9 heteroatoms. The summed E-state index contributed by atoms with van der Waals surface area (Å²) in [5, 5.41) is 28.4. The Morgan fingerprint density at radius 1 is 1.33 bits per heavy atom. The van der Waals surface area contributed by atoms with Gasteiger partial charge < -0.3 is 16.7 Å². The molecule has 21 heavy (non-hydrogen) atoms. The van der Waals surface area contributed by atoms with Crippen molar-refractivity contribution in [2.45, 2.75) is 19.3 Å². The fraction of sp³-hybridized carbons (Fsp3) is 0.333. The van der Waals surface area contributed by atoms with Gasteiger partial charge in [-0.1, -0.05) is 37.3 Å². The molecule has 0 spiro atoms. The predicted molar refractivity (Wildman–Crippen MR) is 78.8 cm³/mol. The summed E-state index contributed by atoms with van der Waals surface area (Å²) in [6, 6.07) is 9.98. The van der Waals surface area contributed by atoms with Crippen LogP contribution in [0.15, 0.2) is 30.3 Å². The number of nitrogens with zero attached hydrogens (tertiary/aromatic N) is 2. The summed E-state index contributed by atoms with van der Waals surface area (Å²) in [6.07, 6.45) is 0.904. The van der Waals surface area contributed by atoms with Crippen LogP contribution in [0.5, 0.6) is 0 Å². The van der Waals surface area contributed by atoms with Gasteiger partial charge in [-0.3, -0.25) is 15.7 Å². The smallest absolute Gasteiger partial charge is 0.291 e. The second-order valence-electron chi connectivity index (χ2n) is 4.13. The molecule has 0 aromatic heterocycles. The lowest BCUT2D eigenvalue weighted by molar-refractivity contribution is -0.742. The van der Waals surface area contributed by atoms with Crippen molar-refractivity contribution in [1.29, 1.82) is 10.8 Å². The van der Waals surface area contributed by atoms with E-state index in [1.807, 2.05) is 30.3 Å². The molecule has 9 nitrogen and oxygen atoms in total. The monoisotopic (exact) mass is 296 g/mol. The summed E-state index contributed by atoms with van der Waals surface area (Å²) in [5.41, 5.74) is 12.0. The zero-order chi connectivity index (χ0) is 16.4. The quantitative estimate of drug-likeness (QED) is 0.240. The zero-order valence-electron chi connectivity index (χ0n) is 11.7. The first-order valence-electron chi connectivity index (χ1n) is 6.13. The number of rotatable bonds is 4. The lowest BCUT2D eigenvalue weighted by Crippen LogP contribution is -2.46. The fourth-order valence-electron chi connectivity index (χ4n) is 1.74. The molecule has 0 fully saturated rings. The van der Waals surface area contributed by atoms with Crippen molar-refractivity contribution in [2.24, 2.45) is 11.5 Å². The molecular weight excluding hydrogens is 276 g/mol. The fourth-order valence-corrected chi connectivity index (χ4v) is 1.74. The average Bonchev–Trinajstić information content (AvgIpc) is 2.39. The molecule has 116 valence electrons. The van der Waals surface area contributed by atoms with E-state index in [1.54, 1.807) is 0 Å².